The highest BCUT2D eigenvalue weighted by atomic mass is 15.3. The lowest BCUT2D eigenvalue weighted by molar-refractivity contribution is 0.293. The van der Waals surface area contributed by atoms with Crippen molar-refractivity contribution in [3.8, 4) is 0 Å². The summed E-state index contributed by atoms with van der Waals surface area (Å²) in [5, 5.41) is 0. The van der Waals surface area contributed by atoms with Crippen LogP contribution in [0.5, 0.6) is 0 Å². The highest BCUT2D eigenvalue weighted by molar-refractivity contribution is 4.88. The van der Waals surface area contributed by atoms with E-state index in [4.69, 9.17) is 0 Å². The van der Waals surface area contributed by atoms with Crippen LogP contribution in [0, 0.1) is 0 Å². The summed E-state index contributed by atoms with van der Waals surface area (Å²) >= 11 is 0. The predicted octanol–water partition coefficient (Wildman–Crippen LogP) is 2.42. The Kier molecular flexibility index (Phi) is 6.85. The van der Waals surface area contributed by atoms with Crippen molar-refractivity contribution in [2.45, 2.75) is 19.8 Å². The molecule has 13 heavy (non-hydrogen) atoms. The smallest absolute Gasteiger partial charge is 0.0890 e. The van der Waals surface area contributed by atoms with E-state index in [2.05, 4.69) is 55.1 Å². The van der Waals surface area contributed by atoms with Crippen molar-refractivity contribution >= 4 is 0 Å². The summed E-state index contributed by atoms with van der Waals surface area (Å²) in [5.41, 5.74) is 2.25. The topological polar surface area (TPSA) is 6.48 Å². The minimum Gasteiger partial charge on any atom is -0.362 e. The van der Waals surface area contributed by atoms with Crippen LogP contribution in [-0.4, -0.2) is 30.1 Å². The first-order valence-electron chi connectivity index (χ1n) is 4.66. The number of rotatable bonds is 3. The van der Waals surface area contributed by atoms with Crippen LogP contribution in [0.4, 0.5) is 0 Å². The molecule has 0 bridgehead atoms. The third-order valence-electron chi connectivity index (χ3n) is 1.74. The molecule has 0 atom stereocenters. The zero-order valence-corrected chi connectivity index (χ0v) is 8.79. The predicted molar refractivity (Wildman–Crippen MR) is 58.2 cm³/mol. The van der Waals surface area contributed by atoms with Crippen LogP contribution in [0.15, 0.2) is 31.3 Å². The van der Waals surface area contributed by atoms with Crippen LogP contribution in [0.3, 0.4) is 0 Å². The summed E-state index contributed by atoms with van der Waals surface area (Å²) in [5.74, 6) is 0. The third kappa shape index (κ3) is 6.06. The summed E-state index contributed by atoms with van der Waals surface area (Å²) in [6.07, 6.45) is 6.87. The van der Waals surface area contributed by atoms with E-state index >= 15 is 0 Å². The van der Waals surface area contributed by atoms with E-state index in [0.29, 0.717) is 0 Å². The number of unbranched alkanes of at least 4 members (excludes halogenated alkanes) is 1. The van der Waals surface area contributed by atoms with E-state index in [-0.39, 0.29) is 0 Å². The van der Waals surface area contributed by atoms with E-state index in [1.54, 1.807) is 0 Å². The van der Waals surface area contributed by atoms with Gasteiger partial charge < -0.3 is 9.80 Å². The molecule has 1 aliphatic rings. The van der Waals surface area contributed by atoms with Crippen LogP contribution in [0.25, 0.3) is 0 Å². The van der Waals surface area contributed by atoms with Crippen molar-refractivity contribution in [1.82, 2.24) is 9.80 Å². The van der Waals surface area contributed by atoms with Gasteiger partial charge in [-0.15, -0.1) is 5.73 Å². The first-order valence-corrected chi connectivity index (χ1v) is 4.66. The molecular formula is C11H20N2. The van der Waals surface area contributed by atoms with Gasteiger partial charge in [0.05, 0.1) is 6.67 Å². The Bertz CT molecular complexity index is 179. The molecule has 0 aliphatic carbocycles. The van der Waals surface area contributed by atoms with Gasteiger partial charge in [-0.1, -0.05) is 26.5 Å². The number of hydrogen-bond acceptors (Lipinski definition) is 2. The van der Waals surface area contributed by atoms with Crippen LogP contribution in [0.1, 0.15) is 19.8 Å². The van der Waals surface area contributed by atoms with Gasteiger partial charge in [-0.3, -0.25) is 0 Å². The molecular weight excluding hydrogens is 160 g/mol. The first kappa shape index (κ1) is 11.9. The second kappa shape index (κ2) is 7.51. The molecule has 2 nitrogen and oxygen atoms in total. The molecule has 74 valence electrons. The Balaban J connectivity index is 0.000000424. The van der Waals surface area contributed by atoms with E-state index in [1.165, 1.54) is 19.4 Å². The van der Waals surface area contributed by atoms with Crippen molar-refractivity contribution in [3.63, 3.8) is 0 Å². The van der Waals surface area contributed by atoms with E-state index in [1.807, 2.05) is 0 Å². The van der Waals surface area contributed by atoms with Gasteiger partial charge in [0.1, 0.15) is 0 Å². The maximum absolute atomic E-state index is 3.12. The van der Waals surface area contributed by atoms with Gasteiger partial charge in [-0.25, -0.2) is 0 Å². The molecule has 2 heteroatoms. The van der Waals surface area contributed by atoms with Crippen LogP contribution in [-0.2, 0) is 0 Å². The Labute approximate surface area is 81.8 Å². The third-order valence-corrected chi connectivity index (χ3v) is 1.74. The molecule has 0 fully saturated rings. The molecule has 0 amide bonds. The molecule has 0 saturated carbocycles. The minimum atomic E-state index is 1.07. The maximum atomic E-state index is 3.12. The monoisotopic (exact) mass is 180 g/mol. The lowest BCUT2D eigenvalue weighted by Crippen LogP contribution is -2.23. The SMILES string of the molecule is C=C=C.CCCCN1C=CN(C)C1. The Morgan fingerprint density at radius 2 is 2.00 bits per heavy atom. The number of nitrogens with zero attached hydrogens (tertiary/aromatic N) is 2. The van der Waals surface area contributed by atoms with E-state index < -0.39 is 0 Å². The van der Waals surface area contributed by atoms with Crippen LogP contribution >= 0.6 is 0 Å². The van der Waals surface area contributed by atoms with Gasteiger partial charge in [-0.05, 0) is 6.42 Å². The second-order valence-electron chi connectivity index (χ2n) is 3.11. The highest BCUT2D eigenvalue weighted by Gasteiger charge is 2.05. The lowest BCUT2D eigenvalue weighted by atomic mass is 10.3. The molecule has 0 spiro atoms. The van der Waals surface area contributed by atoms with Gasteiger partial charge in [0.25, 0.3) is 0 Å². The van der Waals surface area contributed by atoms with Crippen LogP contribution < -0.4 is 0 Å². The van der Waals surface area contributed by atoms with Gasteiger partial charge >= 0.3 is 0 Å². The van der Waals surface area contributed by atoms with Crippen molar-refractivity contribution in [2.75, 3.05) is 20.3 Å². The average molecular weight is 180 g/mol. The summed E-state index contributed by atoms with van der Waals surface area (Å²) in [6, 6.07) is 0. The Morgan fingerprint density at radius 1 is 1.38 bits per heavy atom. The summed E-state index contributed by atoms with van der Waals surface area (Å²) < 4.78 is 0. The average Bonchev–Trinajstić information content (AvgIpc) is 2.49. The molecule has 0 unspecified atom stereocenters. The molecule has 0 N–H and O–H groups in total. The molecule has 0 aromatic carbocycles. The van der Waals surface area contributed by atoms with Crippen molar-refractivity contribution < 1.29 is 0 Å². The fourth-order valence-electron chi connectivity index (χ4n) is 1.10. The molecule has 0 radical (unpaired) electrons. The zero-order valence-electron chi connectivity index (χ0n) is 8.79. The van der Waals surface area contributed by atoms with Crippen molar-refractivity contribution in [1.29, 1.82) is 0 Å². The fourth-order valence-corrected chi connectivity index (χ4v) is 1.10. The lowest BCUT2D eigenvalue weighted by Gasteiger charge is -2.17. The zero-order chi connectivity index (χ0) is 10.1. The van der Waals surface area contributed by atoms with Gasteiger partial charge in [0, 0.05) is 26.0 Å². The Morgan fingerprint density at radius 3 is 2.38 bits per heavy atom. The number of hydrogen-bond donors (Lipinski definition) is 0. The maximum Gasteiger partial charge on any atom is 0.0890 e. The highest BCUT2D eigenvalue weighted by Crippen LogP contribution is 2.04. The van der Waals surface area contributed by atoms with Crippen molar-refractivity contribution in [2.24, 2.45) is 0 Å². The van der Waals surface area contributed by atoms with Gasteiger partial charge in [-0.2, -0.15) is 0 Å². The first-order chi connectivity index (χ1) is 6.24. The summed E-state index contributed by atoms with van der Waals surface area (Å²) in [7, 11) is 2.10. The second-order valence-corrected chi connectivity index (χ2v) is 3.11. The molecule has 1 heterocycles. The molecule has 0 aromatic heterocycles. The van der Waals surface area contributed by atoms with E-state index in [0.717, 1.165) is 6.67 Å². The quantitative estimate of drug-likeness (QED) is 0.615. The van der Waals surface area contributed by atoms with Gasteiger partial charge in [0.15, 0.2) is 0 Å². The standard InChI is InChI=1S/C8H16N2.C3H4/c1-3-4-5-10-7-6-9(2)8-10;1-3-2/h6-7H,3-5,8H2,1-2H3;1-2H2. The van der Waals surface area contributed by atoms with Crippen molar-refractivity contribution in [3.05, 3.63) is 31.3 Å². The Hall–Kier alpha value is -1.14. The molecule has 0 aromatic rings. The van der Waals surface area contributed by atoms with Crippen LogP contribution in [0.2, 0.25) is 0 Å². The van der Waals surface area contributed by atoms with E-state index in [9.17, 15) is 0 Å². The summed E-state index contributed by atoms with van der Waals surface area (Å²) in [4.78, 5) is 4.53. The molecule has 1 rings (SSSR count). The van der Waals surface area contributed by atoms with Gasteiger partial charge in [0.2, 0.25) is 0 Å². The molecule has 0 saturated heterocycles. The largest absolute Gasteiger partial charge is 0.362 e. The normalized spacial score (nSPS) is 13.7. The summed E-state index contributed by atoms with van der Waals surface area (Å²) in [6.45, 7) is 10.8. The fraction of sp³-hybridized carbons (Fsp3) is 0.545. The minimum absolute atomic E-state index is 1.07. The molecule has 1 aliphatic heterocycles.